The second-order valence-electron chi connectivity index (χ2n) is 3.12. The van der Waals surface area contributed by atoms with Gasteiger partial charge in [0.05, 0.1) is 17.6 Å². The summed E-state index contributed by atoms with van der Waals surface area (Å²) in [5, 5.41) is 15.1. The predicted molar refractivity (Wildman–Crippen MR) is 58.6 cm³/mol. The largest absolute Gasteiger partial charge is 0.280 e. The molecule has 0 amide bonds. The van der Waals surface area contributed by atoms with Gasteiger partial charge in [0.15, 0.2) is 0 Å². The van der Waals surface area contributed by atoms with Crippen LogP contribution in [0.15, 0.2) is 46.8 Å². The van der Waals surface area contributed by atoms with Crippen LogP contribution in [0, 0.1) is 0 Å². The number of aromatic nitrogens is 2. The summed E-state index contributed by atoms with van der Waals surface area (Å²) in [5.41, 5.74) is 2.66. The van der Waals surface area contributed by atoms with E-state index in [-0.39, 0.29) is 0 Å². The maximum Gasteiger partial charge on any atom is 0.126 e. The minimum absolute atomic E-state index is 0.807. The molecule has 0 atom stereocenters. The van der Waals surface area contributed by atoms with Crippen molar-refractivity contribution in [2.75, 3.05) is 0 Å². The van der Waals surface area contributed by atoms with Crippen LogP contribution < -0.4 is 0 Å². The number of aromatic amines is 1. The lowest BCUT2D eigenvalue weighted by Crippen LogP contribution is -1.78. The molecule has 4 heteroatoms. The van der Waals surface area contributed by atoms with E-state index in [0.29, 0.717) is 0 Å². The number of rotatable bonds is 3. The predicted octanol–water partition coefficient (Wildman–Crippen LogP) is 3.39. The fraction of sp³-hybridized carbons (Fsp3) is 0.182. The minimum atomic E-state index is 0.807. The fourth-order valence-electron chi connectivity index (χ4n) is 1.26. The fourth-order valence-corrected chi connectivity index (χ4v) is 1.26. The number of nitrogens with zero attached hydrogens (tertiary/aromatic N) is 3. The Bertz CT molecular complexity index is 445. The first-order valence-electron chi connectivity index (χ1n) is 4.89. The number of nitrogens with one attached hydrogen (secondary N) is 1. The maximum absolute atomic E-state index is 4.14. The van der Waals surface area contributed by atoms with Gasteiger partial charge in [-0.3, -0.25) is 5.10 Å². The normalized spacial score (nSPS) is 11.0. The summed E-state index contributed by atoms with van der Waals surface area (Å²) >= 11 is 0. The molecule has 1 heterocycles. The van der Waals surface area contributed by atoms with Gasteiger partial charge in [0.25, 0.3) is 0 Å². The van der Waals surface area contributed by atoms with Gasteiger partial charge < -0.3 is 0 Å². The molecule has 0 radical (unpaired) electrons. The summed E-state index contributed by atoms with van der Waals surface area (Å²) in [5.74, 6) is 0. The average Bonchev–Trinajstić information content (AvgIpc) is 2.75. The van der Waals surface area contributed by atoms with Crippen molar-refractivity contribution >= 4 is 11.4 Å². The Labute approximate surface area is 88.1 Å². The van der Waals surface area contributed by atoms with Crippen LogP contribution in [-0.2, 0) is 6.42 Å². The molecule has 1 aromatic carbocycles. The Balaban J connectivity index is 2.19. The topological polar surface area (TPSA) is 53.4 Å². The lowest BCUT2D eigenvalue weighted by Gasteiger charge is -1.92. The van der Waals surface area contributed by atoms with Gasteiger partial charge in [-0.2, -0.15) is 10.2 Å². The third kappa shape index (κ3) is 2.28. The van der Waals surface area contributed by atoms with Crippen molar-refractivity contribution in [1.29, 1.82) is 0 Å². The molecule has 0 aliphatic carbocycles. The summed E-state index contributed by atoms with van der Waals surface area (Å²) in [6, 6.07) is 9.65. The Morgan fingerprint density at radius 3 is 2.73 bits per heavy atom. The number of H-pyrrole nitrogens is 1. The van der Waals surface area contributed by atoms with Crippen molar-refractivity contribution < 1.29 is 0 Å². The summed E-state index contributed by atoms with van der Waals surface area (Å²) in [6.45, 7) is 2.05. The summed E-state index contributed by atoms with van der Waals surface area (Å²) in [4.78, 5) is 0. The van der Waals surface area contributed by atoms with Crippen LogP contribution in [-0.4, -0.2) is 10.2 Å². The molecule has 0 saturated heterocycles. The average molecular weight is 200 g/mol. The molecule has 1 N–H and O–H groups in total. The molecule has 0 bridgehead atoms. The molecule has 0 fully saturated rings. The van der Waals surface area contributed by atoms with Crippen molar-refractivity contribution in [3.63, 3.8) is 0 Å². The lowest BCUT2D eigenvalue weighted by atomic mass is 10.3. The molecule has 0 saturated carbocycles. The molecule has 4 nitrogen and oxygen atoms in total. The van der Waals surface area contributed by atoms with E-state index in [9.17, 15) is 0 Å². The van der Waals surface area contributed by atoms with Crippen LogP contribution in [0.1, 0.15) is 12.6 Å². The quantitative estimate of drug-likeness (QED) is 0.758. The van der Waals surface area contributed by atoms with E-state index in [1.54, 1.807) is 6.20 Å². The number of benzene rings is 1. The maximum atomic E-state index is 4.14. The van der Waals surface area contributed by atoms with Crippen molar-refractivity contribution in [2.24, 2.45) is 10.2 Å². The van der Waals surface area contributed by atoms with E-state index < -0.39 is 0 Å². The van der Waals surface area contributed by atoms with Crippen molar-refractivity contribution in [3.8, 4) is 0 Å². The molecular weight excluding hydrogens is 188 g/mol. The van der Waals surface area contributed by atoms with E-state index in [4.69, 9.17) is 0 Å². The second kappa shape index (κ2) is 4.50. The van der Waals surface area contributed by atoms with Crippen molar-refractivity contribution in [3.05, 3.63) is 42.2 Å². The van der Waals surface area contributed by atoms with Crippen molar-refractivity contribution in [1.82, 2.24) is 10.2 Å². The van der Waals surface area contributed by atoms with E-state index >= 15 is 0 Å². The number of aryl methyl sites for hydroxylation is 1. The third-order valence-corrected chi connectivity index (χ3v) is 2.08. The molecule has 15 heavy (non-hydrogen) atoms. The summed E-state index contributed by atoms with van der Waals surface area (Å²) < 4.78 is 0. The van der Waals surface area contributed by atoms with Gasteiger partial charge in [-0.05, 0) is 18.6 Å². The van der Waals surface area contributed by atoms with Gasteiger partial charge in [0.1, 0.15) is 5.69 Å². The molecule has 2 aromatic rings. The highest BCUT2D eigenvalue weighted by atomic mass is 15.2. The number of hydrogen-bond acceptors (Lipinski definition) is 3. The van der Waals surface area contributed by atoms with Crippen LogP contribution >= 0.6 is 0 Å². The standard InChI is InChI=1S/C11H12N4/c1-2-10-11(8-12-14-10)15-13-9-6-4-3-5-7-9/h3-8H,2H2,1H3,(H,12,14). The highest BCUT2D eigenvalue weighted by molar-refractivity contribution is 5.41. The van der Waals surface area contributed by atoms with E-state index in [1.807, 2.05) is 30.3 Å². The first kappa shape index (κ1) is 9.58. The van der Waals surface area contributed by atoms with Gasteiger partial charge in [0, 0.05) is 0 Å². The summed E-state index contributed by atoms with van der Waals surface area (Å²) in [7, 11) is 0. The molecule has 0 spiro atoms. The molecular formula is C11H12N4. The highest BCUT2D eigenvalue weighted by Crippen LogP contribution is 2.20. The smallest absolute Gasteiger partial charge is 0.126 e. The molecule has 0 aliphatic heterocycles. The second-order valence-corrected chi connectivity index (χ2v) is 3.12. The van der Waals surface area contributed by atoms with Gasteiger partial charge in [-0.25, -0.2) is 0 Å². The van der Waals surface area contributed by atoms with Crippen LogP contribution in [0.2, 0.25) is 0 Å². The molecule has 76 valence electrons. The van der Waals surface area contributed by atoms with Gasteiger partial charge in [0.2, 0.25) is 0 Å². The highest BCUT2D eigenvalue weighted by Gasteiger charge is 2.00. The van der Waals surface area contributed by atoms with Crippen LogP contribution in [0.3, 0.4) is 0 Å². The van der Waals surface area contributed by atoms with E-state index in [1.165, 1.54) is 0 Å². The first-order valence-corrected chi connectivity index (χ1v) is 4.89. The molecule has 1 aromatic heterocycles. The zero-order valence-electron chi connectivity index (χ0n) is 8.51. The molecule has 0 unspecified atom stereocenters. The number of hydrogen-bond donors (Lipinski definition) is 1. The Hall–Kier alpha value is -1.97. The molecule has 0 aliphatic rings. The summed E-state index contributed by atoms with van der Waals surface area (Å²) in [6.07, 6.45) is 2.56. The Morgan fingerprint density at radius 2 is 2.00 bits per heavy atom. The minimum Gasteiger partial charge on any atom is -0.280 e. The number of azo groups is 1. The third-order valence-electron chi connectivity index (χ3n) is 2.08. The lowest BCUT2D eigenvalue weighted by molar-refractivity contribution is 0.972. The van der Waals surface area contributed by atoms with Crippen LogP contribution in [0.25, 0.3) is 0 Å². The van der Waals surface area contributed by atoms with Crippen LogP contribution in [0.5, 0.6) is 0 Å². The van der Waals surface area contributed by atoms with Gasteiger partial charge >= 0.3 is 0 Å². The zero-order chi connectivity index (χ0) is 10.5. The first-order chi connectivity index (χ1) is 7.40. The SMILES string of the molecule is CCc1[nH]ncc1N=Nc1ccccc1. The van der Waals surface area contributed by atoms with Gasteiger partial charge in [-0.1, -0.05) is 25.1 Å². The Morgan fingerprint density at radius 1 is 1.20 bits per heavy atom. The van der Waals surface area contributed by atoms with Crippen molar-refractivity contribution in [2.45, 2.75) is 13.3 Å². The Kier molecular flexibility index (Phi) is 2.88. The van der Waals surface area contributed by atoms with E-state index in [2.05, 4.69) is 27.3 Å². The molecule has 2 rings (SSSR count). The van der Waals surface area contributed by atoms with E-state index in [0.717, 1.165) is 23.5 Å². The van der Waals surface area contributed by atoms with Crippen LogP contribution in [0.4, 0.5) is 11.4 Å². The monoisotopic (exact) mass is 200 g/mol. The van der Waals surface area contributed by atoms with Gasteiger partial charge in [-0.15, -0.1) is 5.11 Å². The zero-order valence-corrected chi connectivity index (χ0v) is 8.51.